The van der Waals surface area contributed by atoms with Gasteiger partial charge in [0.2, 0.25) is 5.75 Å². The number of ether oxygens (including phenoxy) is 6. The SMILES string of the molecule is COCC1OCc2cc(OC)c(OC)c(OC)c2-c2ccc(OC)cc21. The Morgan fingerprint density at radius 2 is 1.69 bits per heavy atom. The average Bonchev–Trinajstić information content (AvgIpc) is 2.83. The lowest BCUT2D eigenvalue weighted by molar-refractivity contribution is -0.0111. The van der Waals surface area contributed by atoms with Gasteiger partial charge < -0.3 is 28.4 Å². The predicted molar refractivity (Wildman–Crippen MR) is 97.5 cm³/mol. The first kappa shape index (κ1) is 18.4. The summed E-state index contributed by atoms with van der Waals surface area (Å²) in [6, 6.07) is 7.84. The summed E-state index contributed by atoms with van der Waals surface area (Å²) in [4.78, 5) is 0. The molecule has 0 fully saturated rings. The Balaban J connectivity index is 2.30. The Hall–Kier alpha value is -2.44. The van der Waals surface area contributed by atoms with Crippen LogP contribution in [0.25, 0.3) is 11.1 Å². The van der Waals surface area contributed by atoms with Crippen molar-refractivity contribution < 1.29 is 28.4 Å². The molecule has 6 nitrogen and oxygen atoms in total. The lowest BCUT2D eigenvalue weighted by Gasteiger charge is -2.20. The molecule has 0 aromatic heterocycles. The Labute approximate surface area is 153 Å². The van der Waals surface area contributed by atoms with E-state index >= 15 is 0 Å². The van der Waals surface area contributed by atoms with Crippen molar-refractivity contribution in [1.29, 1.82) is 0 Å². The van der Waals surface area contributed by atoms with Crippen molar-refractivity contribution >= 4 is 0 Å². The first-order valence-corrected chi connectivity index (χ1v) is 8.29. The normalized spacial score (nSPS) is 15.5. The third kappa shape index (κ3) is 3.06. The number of methoxy groups -OCH3 is 5. The van der Waals surface area contributed by atoms with Crippen LogP contribution < -0.4 is 18.9 Å². The monoisotopic (exact) mass is 360 g/mol. The molecule has 0 bridgehead atoms. The van der Waals surface area contributed by atoms with Crippen molar-refractivity contribution in [2.75, 3.05) is 42.2 Å². The first-order valence-electron chi connectivity index (χ1n) is 8.29. The van der Waals surface area contributed by atoms with Gasteiger partial charge in [-0.15, -0.1) is 0 Å². The summed E-state index contributed by atoms with van der Waals surface area (Å²) >= 11 is 0. The van der Waals surface area contributed by atoms with Crippen molar-refractivity contribution in [2.45, 2.75) is 12.7 Å². The van der Waals surface area contributed by atoms with Gasteiger partial charge in [-0.3, -0.25) is 0 Å². The maximum absolute atomic E-state index is 6.14. The molecule has 2 aromatic rings. The fraction of sp³-hybridized carbons (Fsp3) is 0.400. The van der Waals surface area contributed by atoms with Crippen LogP contribution in [0.2, 0.25) is 0 Å². The van der Waals surface area contributed by atoms with E-state index in [0.717, 1.165) is 28.0 Å². The maximum atomic E-state index is 6.14. The lowest BCUT2D eigenvalue weighted by Crippen LogP contribution is -2.10. The Kier molecular flexibility index (Phi) is 5.54. The molecule has 0 saturated heterocycles. The van der Waals surface area contributed by atoms with Gasteiger partial charge in [-0.2, -0.15) is 0 Å². The van der Waals surface area contributed by atoms with E-state index in [1.807, 2.05) is 24.3 Å². The first-order chi connectivity index (χ1) is 12.7. The molecule has 1 unspecified atom stereocenters. The second-order valence-electron chi connectivity index (χ2n) is 5.89. The number of benzene rings is 2. The van der Waals surface area contributed by atoms with Crippen LogP contribution in [0.1, 0.15) is 17.2 Å². The van der Waals surface area contributed by atoms with Gasteiger partial charge in [-0.25, -0.2) is 0 Å². The quantitative estimate of drug-likeness (QED) is 0.784. The molecule has 2 aromatic carbocycles. The molecule has 0 spiro atoms. The van der Waals surface area contributed by atoms with Crippen LogP contribution in [0, 0.1) is 0 Å². The lowest BCUT2D eigenvalue weighted by atomic mass is 9.92. The van der Waals surface area contributed by atoms with E-state index < -0.39 is 0 Å². The summed E-state index contributed by atoms with van der Waals surface area (Å²) in [5, 5.41) is 0. The fourth-order valence-electron chi connectivity index (χ4n) is 3.35. The molecule has 1 aliphatic rings. The van der Waals surface area contributed by atoms with Gasteiger partial charge in [0.05, 0.1) is 41.7 Å². The van der Waals surface area contributed by atoms with Gasteiger partial charge in [0.15, 0.2) is 11.5 Å². The summed E-state index contributed by atoms with van der Waals surface area (Å²) in [5.74, 6) is 2.54. The van der Waals surface area contributed by atoms with Crippen molar-refractivity contribution in [3.63, 3.8) is 0 Å². The maximum Gasteiger partial charge on any atom is 0.203 e. The summed E-state index contributed by atoms with van der Waals surface area (Å²) < 4.78 is 33.7. The van der Waals surface area contributed by atoms with Gasteiger partial charge in [-0.05, 0) is 34.9 Å². The van der Waals surface area contributed by atoms with Crippen molar-refractivity contribution in [2.24, 2.45) is 0 Å². The van der Waals surface area contributed by atoms with E-state index in [2.05, 4.69) is 0 Å². The average molecular weight is 360 g/mol. The number of rotatable bonds is 6. The molecule has 1 heterocycles. The highest BCUT2D eigenvalue weighted by atomic mass is 16.5. The smallest absolute Gasteiger partial charge is 0.203 e. The zero-order valence-corrected chi connectivity index (χ0v) is 15.8. The van der Waals surface area contributed by atoms with Crippen LogP contribution in [0.15, 0.2) is 24.3 Å². The molecule has 1 aliphatic heterocycles. The van der Waals surface area contributed by atoms with Crippen LogP contribution in [0.4, 0.5) is 0 Å². The van der Waals surface area contributed by atoms with E-state index in [-0.39, 0.29) is 6.10 Å². The van der Waals surface area contributed by atoms with Gasteiger partial charge in [0, 0.05) is 12.7 Å². The van der Waals surface area contributed by atoms with E-state index in [0.29, 0.717) is 30.5 Å². The van der Waals surface area contributed by atoms with Crippen LogP contribution in [-0.4, -0.2) is 42.2 Å². The standard InChI is InChI=1S/C20H24O6/c1-21-11-17-15-9-13(22-2)6-7-14(15)18-12(10-26-17)8-16(23-3)19(24-4)20(18)25-5/h6-9,17H,10-11H2,1-5H3. The molecular formula is C20H24O6. The van der Waals surface area contributed by atoms with E-state index in [1.54, 1.807) is 35.5 Å². The number of hydrogen-bond acceptors (Lipinski definition) is 6. The molecule has 0 radical (unpaired) electrons. The molecule has 26 heavy (non-hydrogen) atoms. The largest absolute Gasteiger partial charge is 0.497 e. The van der Waals surface area contributed by atoms with Crippen LogP contribution in [0.3, 0.4) is 0 Å². The molecule has 0 amide bonds. The van der Waals surface area contributed by atoms with E-state index in [4.69, 9.17) is 28.4 Å². The highest BCUT2D eigenvalue weighted by Gasteiger charge is 2.29. The van der Waals surface area contributed by atoms with Crippen LogP contribution >= 0.6 is 0 Å². The summed E-state index contributed by atoms with van der Waals surface area (Å²) in [5.41, 5.74) is 3.87. The van der Waals surface area contributed by atoms with Gasteiger partial charge in [0.25, 0.3) is 0 Å². The molecule has 0 saturated carbocycles. The molecule has 140 valence electrons. The van der Waals surface area contributed by atoms with Crippen molar-refractivity contribution in [3.8, 4) is 34.1 Å². The van der Waals surface area contributed by atoms with Gasteiger partial charge in [-0.1, -0.05) is 6.07 Å². The van der Waals surface area contributed by atoms with Crippen LogP contribution in [0.5, 0.6) is 23.0 Å². The molecule has 3 rings (SSSR count). The van der Waals surface area contributed by atoms with Crippen LogP contribution in [-0.2, 0) is 16.1 Å². The zero-order chi connectivity index (χ0) is 18.7. The minimum Gasteiger partial charge on any atom is -0.497 e. The minimum absolute atomic E-state index is 0.223. The van der Waals surface area contributed by atoms with Gasteiger partial charge >= 0.3 is 0 Å². The van der Waals surface area contributed by atoms with Crippen molar-refractivity contribution in [1.82, 2.24) is 0 Å². The number of hydrogen-bond donors (Lipinski definition) is 0. The number of fused-ring (bicyclic) bond motifs is 3. The third-order valence-corrected chi connectivity index (χ3v) is 4.54. The second-order valence-corrected chi connectivity index (χ2v) is 5.89. The predicted octanol–water partition coefficient (Wildman–Crippen LogP) is 3.61. The molecule has 0 N–H and O–H groups in total. The molecular weight excluding hydrogens is 336 g/mol. The van der Waals surface area contributed by atoms with E-state index in [1.165, 1.54) is 0 Å². The minimum atomic E-state index is -0.223. The fourth-order valence-corrected chi connectivity index (χ4v) is 3.35. The highest BCUT2D eigenvalue weighted by molar-refractivity contribution is 5.82. The summed E-state index contributed by atoms with van der Waals surface area (Å²) in [6.45, 7) is 0.835. The Morgan fingerprint density at radius 1 is 0.923 bits per heavy atom. The van der Waals surface area contributed by atoms with E-state index in [9.17, 15) is 0 Å². The highest BCUT2D eigenvalue weighted by Crippen LogP contribution is 2.50. The molecule has 1 atom stereocenters. The van der Waals surface area contributed by atoms with Crippen molar-refractivity contribution in [3.05, 3.63) is 35.4 Å². The molecule has 0 aliphatic carbocycles. The summed E-state index contributed by atoms with van der Waals surface area (Å²) in [6.07, 6.45) is -0.223. The third-order valence-electron chi connectivity index (χ3n) is 4.54. The Morgan fingerprint density at radius 3 is 2.31 bits per heavy atom. The second kappa shape index (κ2) is 7.85. The van der Waals surface area contributed by atoms with Gasteiger partial charge in [0.1, 0.15) is 11.9 Å². The Bertz CT molecular complexity index is 786. The zero-order valence-electron chi connectivity index (χ0n) is 15.8. The topological polar surface area (TPSA) is 55.4 Å². The summed E-state index contributed by atoms with van der Waals surface area (Å²) in [7, 11) is 8.14. The molecule has 6 heteroatoms.